The second kappa shape index (κ2) is 9.18. The summed E-state index contributed by atoms with van der Waals surface area (Å²) in [5, 5.41) is 4.30. The van der Waals surface area contributed by atoms with E-state index in [1.165, 1.54) is 5.56 Å². The van der Waals surface area contributed by atoms with Crippen molar-refractivity contribution in [3.8, 4) is 5.75 Å². The van der Waals surface area contributed by atoms with E-state index in [1.807, 2.05) is 62.4 Å². The van der Waals surface area contributed by atoms with Crippen LogP contribution in [0.5, 0.6) is 5.75 Å². The van der Waals surface area contributed by atoms with Crippen molar-refractivity contribution in [3.05, 3.63) is 64.1 Å². The largest absolute Gasteiger partial charge is 0.483 e. The summed E-state index contributed by atoms with van der Waals surface area (Å²) < 4.78 is 6.47. The van der Waals surface area contributed by atoms with Gasteiger partial charge in [0.05, 0.1) is 10.2 Å². The molecule has 0 saturated heterocycles. The number of carbonyl (C=O) groups is 1. The van der Waals surface area contributed by atoms with Crippen LogP contribution in [0.1, 0.15) is 45.7 Å². The van der Waals surface area contributed by atoms with E-state index in [0.717, 1.165) is 15.7 Å². The Balaban J connectivity index is 2.00. The monoisotopic (exact) mass is 430 g/mol. The average Bonchev–Trinajstić information content (AvgIpc) is 2.60. The fourth-order valence-electron chi connectivity index (χ4n) is 2.52. The summed E-state index contributed by atoms with van der Waals surface area (Å²) in [7, 11) is 0. The molecule has 5 heteroatoms. The quantitative estimate of drug-likeness (QED) is 0.498. The van der Waals surface area contributed by atoms with Crippen LogP contribution in [0.15, 0.2) is 58.1 Å². The first kappa shape index (κ1) is 21.2. The van der Waals surface area contributed by atoms with Gasteiger partial charge in [0.1, 0.15) is 5.75 Å². The van der Waals surface area contributed by atoms with Crippen molar-refractivity contribution >= 4 is 27.5 Å². The summed E-state index contributed by atoms with van der Waals surface area (Å²) in [6.07, 6.45) is 0. The normalized spacial score (nSPS) is 12.2. The Hall–Kier alpha value is -2.14. The van der Waals surface area contributed by atoms with Crippen LogP contribution in [-0.2, 0) is 10.2 Å². The Labute approximate surface area is 170 Å². The predicted molar refractivity (Wildman–Crippen MR) is 114 cm³/mol. The lowest BCUT2D eigenvalue weighted by Gasteiger charge is -2.20. The van der Waals surface area contributed by atoms with Crippen molar-refractivity contribution in [1.29, 1.82) is 0 Å². The molecule has 0 spiro atoms. The second-order valence-electron chi connectivity index (χ2n) is 7.74. The molecule has 2 aromatic rings. The predicted octanol–water partition coefficient (Wildman–Crippen LogP) is 5.30. The van der Waals surface area contributed by atoms with Crippen molar-refractivity contribution in [2.75, 3.05) is 6.61 Å². The van der Waals surface area contributed by atoms with Gasteiger partial charge in [-0.05, 0) is 50.5 Å². The molecule has 0 heterocycles. The van der Waals surface area contributed by atoms with Crippen molar-refractivity contribution < 1.29 is 9.53 Å². The van der Waals surface area contributed by atoms with E-state index in [0.29, 0.717) is 5.75 Å². The number of halogens is 1. The Morgan fingerprint density at radius 2 is 1.81 bits per heavy atom. The molecule has 0 aromatic heterocycles. The van der Waals surface area contributed by atoms with Gasteiger partial charge in [-0.1, -0.05) is 71.0 Å². The third-order valence-electron chi connectivity index (χ3n) is 4.07. The minimum atomic E-state index is -0.295. The fraction of sp³-hybridized carbons (Fsp3) is 0.364. The zero-order chi connectivity index (χ0) is 20.0. The van der Waals surface area contributed by atoms with Crippen molar-refractivity contribution in [3.63, 3.8) is 0 Å². The molecule has 4 nitrogen and oxygen atoms in total. The Morgan fingerprint density at radius 1 is 1.15 bits per heavy atom. The first-order chi connectivity index (χ1) is 12.7. The number of hydrogen-bond donors (Lipinski definition) is 1. The molecule has 2 rings (SSSR count). The number of nitrogens with zero attached hydrogens (tertiary/aromatic N) is 1. The molecule has 27 heavy (non-hydrogen) atoms. The lowest BCUT2D eigenvalue weighted by molar-refractivity contribution is -0.123. The Bertz CT molecular complexity index is 809. The first-order valence-corrected chi connectivity index (χ1v) is 9.82. The van der Waals surface area contributed by atoms with Crippen molar-refractivity contribution in [1.82, 2.24) is 5.43 Å². The highest BCUT2D eigenvalue weighted by molar-refractivity contribution is 9.10. The zero-order valence-electron chi connectivity index (χ0n) is 16.5. The highest BCUT2D eigenvalue weighted by atomic mass is 79.9. The van der Waals surface area contributed by atoms with Gasteiger partial charge in [-0.3, -0.25) is 4.79 Å². The van der Waals surface area contributed by atoms with Gasteiger partial charge in [0.15, 0.2) is 6.61 Å². The number of amides is 1. The van der Waals surface area contributed by atoms with E-state index in [1.54, 1.807) is 0 Å². The van der Waals surface area contributed by atoms with Crippen LogP contribution in [0.4, 0.5) is 0 Å². The van der Waals surface area contributed by atoms with E-state index < -0.39 is 0 Å². The average molecular weight is 431 g/mol. The maximum absolute atomic E-state index is 12.2. The molecule has 0 aliphatic heterocycles. The third-order valence-corrected chi connectivity index (χ3v) is 4.69. The molecule has 2 aromatic carbocycles. The first-order valence-electron chi connectivity index (χ1n) is 9.03. The van der Waals surface area contributed by atoms with Gasteiger partial charge in [0, 0.05) is 0 Å². The molecule has 0 aliphatic rings. The molecule has 1 N–H and O–H groups in total. The minimum absolute atomic E-state index is 0.0534. The standard InChI is InChI=1S/C22H27BrN2O2/c1-15(2)21(16-9-7-6-8-10-16)25-24-20(26)14-27-19-12-11-17(13-18(19)23)22(3,4)5/h6-13,15H,14H2,1-5H3,(H,24,26)/b25-21+. The zero-order valence-corrected chi connectivity index (χ0v) is 18.1. The van der Waals surface area contributed by atoms with Crippen LogP contribution in [-0.4, -0.2) is 18.2 Å². The van der Waals surface area contributed by atoms with Crippen LogP contribution in [0.25, 0.3) is 0 Å². The van der Waals surface area contributed by atoms with E-state index in [9.17, 15) is 4.79 Å². The van der Waals surface area contributed by atoms with E-state index in [2.05, 4.69) is 47.2 Å². The summed E-state index contributed by atoms with van der Waals surface area (Å²) in [5.74, 6) is 0.526. The van der Waals surface area contributed by atoms with Crippen LogP contribution >= 0.6 is 15.9 Å². The molecule has 0 aliphatic carbocycles. The Kier molecular flexibility index (Phi) is 7.19. The number of nitrogens with one attached hydrogen (secondary N) is 1. The van der Waals surface area contributed by atoms with Gasteiger partial charge in [-0.2, -0.15) is 5.10 Å². The highest BCUT2D eigenvalue weighted by Crippen LogP contribution is 2.31. The second-order valence-corrected chi connectivity index (χ2v) is 8.59. The molecular weight excluding hydrogens is 404 g/mol. The van der Waals surface area contributed by atoms with E-state index in [-0.39, 0.29) is 23.8 Å². The van der Waals surface area contributed by atoms with Gasteiger partial charge < -0.3 is 4.74 Å². The number of hydrazone groups is 1. The van der Waals surface area contributed by atoms with Crippen LogP contribution in [0.2, 0.25) is 0 Å². The number of rotatable bonds is 6. The summed E-state index contributed by atoms with van der Waals surface area (Å²) in [6, 6.07) is 15.8. The third kappa shape index (κ3) is 6.21. The lowest BCUT2D eigenvalue weighted by atomic mass is 9.87. The maximum Gasteiger partial charge on any atom is 0.277 e. The molecular formula is C22H27BrN2O2. The van der Waals surface area contributed by atoms with Gasteiger partial charge >= 0.3 is 0 Å². The van der Waals surface area contributed by atoms with Gasteiger partial charge in [-0.15, -0.1) is 0 Å². The number of hydrogen-bond acceptors (Lipinski definition) is 3. The number of benzene rings is 2. The fourth-order valence-corrected chi connectivity index (χ4v) is 3.01. The SMILES string of the molecule is CC(C)/C(=N\NC(=O)COc1ccc(C(C)(C)C)cc1Br)c1ccccc1. The van der Waals surface area contributed by atoms with Crippen LogP contribution in [0.3, 0.4) is 0 Å². The van der Waals surface area contributed by atoms with Crippen molar-refractivity contribution in [2.45, 2.75) is 40.0 Å². The van der Waals surface area contributed by atoms with Crippen molar-refractivity contribution in [2.24, 2.45) is 11.0 Å². The molecule has 0 atom stereocenters. The molecule has 0 radical (unpaired) electrons. The summed E-state index contributed by atoms with van der Waals surface area (Å²) >= 11 is 3.52. The maximum atomic E-state index is 12.2. The van der Waals surface area contributed by atoms with E-state index in [4.69, 9.17) is 4.74 Å². The molecule has 0 fully saturated rings. The molecule has 1 amide bonds. The van der Waals surface area contributed by atoms with Gasteiger partial charge in [-0.25, -0.2) is 5.43 Å². The highest BCUT2D eigenvalue weighted by Gasteiger charge is 2.16. The molecule has 144 valence electrons. The minimum Gasteiger partial charge on any atom is -0.483 e. The summed E-state index contributed by atoms with van der Waals surface area (Å²) in [4.78, 5) is 12.2. The van der Waals surface area contributed by atoms with Gasteiger partial charge in [0.25, 0.3) is 5.91 Å². The van der Waals surface area contributed by atoms with Gasteiger partial charge in [0.2, 0.25) is 0 Å². The molecule has 0 bridgehead atoms. The smallest absolute Gasteiger partial charge is 0.277 e. The summed E-state index contributed by atoms with van der Waals surface area (Å²) in [5.41, 5.74) is 5.67. The van der Waals surface area contributed by atoms with E-state index >= 15 is 0 Å². The topological polar surface area (TPSA) is 50.7 Å². The Morgan fingerprint density at radius 3 is 2.37 bits per heavy atom. The van der Waals surface area contributed by atoms with Crippen LogP contribution < -0.4 is 10.2 Å². The molecule has 0 saturated carbocycles. The van der Waals surface area contributed by atoms with Crippen LogP contribution in [0, 0.1) is 5.92 Å². The number of carbonyl (C=O) groups excluding carboxylic acids is 1. The number of ether oxygens (including phenoxy) is 1. The lowest BCUT2D eigenvalue weighted by Crippen LogP contribution is -2.27. The molecule has 0 unspecified atom stereocenters. The summed E-state index contributed by atoms with van der Waals surface area (Å²) in [6.45, 7) is 10.4.